The summed E-state index contributed by atoms with van der Waals surface area (Å²) < 4.78 is 27.2. The molecule has 1 atom stereocenters. The van der Waals surface area contributed by atoms with Crippen molar-refractivity contribution in [2.75, 3.05) is 12.0 Å². The number of carbonyl (C=O) groups is 3. The third-order valence-corrected chi connectivity index (χ3v) is 5.55. The van der Waals surface area contributed by atoms with Crippen LogP contribution in [0.1, 0.15) is 22.3 Å². The molecule has 0 saturated carbocycles. The van der Waals surface area contributed by atoms with Gasteiger partial charge in [-0.05, 0) is 36.4 Å². The Morgan fingerprint density at radius 1 is 1.14 bits per heavy atom. The number of quaternary nitrogens is 1. The third kappa shape index (κ3) is 4.50. The molecular weight excluding hydrogens is 398 g/mol. The molecule has 1 aliphatic heterocycles. The minimum atomic E-state index is -3.76. The van der Waals surface area contributed by atoms with Crippen LogP contribution in [0.25, 0.3) is 0 Å². The number of amides is 2. The highest BCUT2D eigenvalue weighted by Gasteiger charge is 2.42. The number of hydrogen-bond acceptors (Lipinski definition) is 6. The molecule has 1 heterocycles. The molecule has 0 radical (unpaired) electrons. The highest BCUT2D eigenvalue weighted by atomic mass is 32.2. The van der Waals surface area contributed by atoms with Gasteiger partial charge in [0.2, 0.25) is 15.9 Å². The number of esters is 1. The van der Waals surface area contributed by atoms with Crippen LogP contribution in [-0.4, -0.2) is 39.4 Å². The maximum atomic E-state index is 12.7. The second-order valence-electron chi connectivity index (χ2n) is 6.55. The molecule has 0 aromatic heterocycles. The van der Waals surface area contributed by atoms with Crippen molar-refractivity contribution >= 4 is 33.5 Å². The Kier molecular flexibility index (Phi) is 5.78. The van der Waals surface area contributed by atoms with Crippen molar-refractivity contribution in [2.45, 2.75) is 23.9 Å². The van der Waals surface area contributed by atoms with Crippen LogP contribution in [-0.2, 0) is 30.9 Å². The number of primary sulfonamides is 1. The highest BCUT2D eigenvalue weighted by Crippen LogP contribution is 2.22. The summed E-state index contributed by atoms with van der Waals surface area (Å²) in [6.45, 7) is 0.393. The number of methoxy groups -OCH3 is 1. The van der Waals surface area contributed by atoms with Crippen molar-refractivity contribution in [3.8, 4) is 0 Å². The smallest absolute Gasteiger partial charge is 0.337 e. The predicted octanol–water partition coefficient (Wildman–Crippen LogP) is -0.484. The van der Waals surface area contributed by atoms with E-state index in [1.807, 2.05) is 0 Å². The Hall–Kier alpha value is -3.08. The van der Waals surface area contributed by atoms with Gasteiger partial charge in [-0.25, -0.2) is 23.3 Å². The van der Waals surface area contributed by atoms with Crippen LogP contribution in [0.5, 0.6) is 0 Å². The lowest BCUT2D eigenvalue weighted by atomic mass is 10.2. The van der Waals surface area contributed by atoms with E-state index < -0.39 is 22.0 Å². The van der Waals surface area contributed by atoms with E-state index in [-0.39, 0.29) is 23.1 Å². The predicted molar refractivity (Wildman–Crippen MR) is 102 cm³/mol. The maximum Gasteiger partial charge on any atom is 0.337 e. The van der Waals surface area contributed by atoms with Gasteiger partial charge in [0.25, 0.3) is 5.91 Å². The van der Waals surface area contributed by atoms with Gasteiger partial charge in [-0.3, -0.25) is 9.59 Å². The summed E-state index contributed by atoms with van der Waals surface area (Å²) in [5, 5.41) is 6.80. The summed E-state index contributed by atoms with van der Waals surface area (Å²) in [5.41, 5.74) is 1.50. The van der Waals surface area contributed by atoms with Gasteiger partial charge >= 0.3 is 5.97 Å². The first-order chi connectivity index (χ1) is 13.7. The molecule has 0 bridgehead atoms. The van der Waals surface area contributed by atoms with Crippen LogP contribution in [0.15, 0.2) is 53.4 Å². The lowest BCUT2D eigenvalue weighted by Gasteiger charge is -2.14. The Morgan fingerprint density at radius 2 is 1.76 bits per heavy atom. The summed E-state index contributed by atoms with van der Waals surface area (Å²) in [5.74, 6) is -1.18. The van der Waals surface area contributed by atoms with Crippen LogP contribution in [0.2, 0.25) is 0 Å². The summed E-state index contributed by atoms with van der Waals surface area (Å²) >= 11 is 0. The number of imide groups is 1. The SMILES string of the molecule is COC(=O)c1ccc(N2C(=O)C[C@@H]([NH2+]Cc3ccc(S(N)(=O)=O)cc3)C2=O)cc1. The minimum Gasteiger partial charge on any atom is -0.465 e. The van der Waals surface area contributed by atoms with Crippen LogP contribution in [0.4, 0.5) is 5.69 Å². The molecule has 10 heteroatoms. The average molecular weight is 418 g/mol. The second-order valence-corrected chi connectivity index (χ2v) is 8.11. The topological polar surface area (TPSA) is 140 Å². The quantitative estimate of drug-likeness (QED) is 0.479. The van der Waals surface area contributed by atoms with Crippen molar-refractivity contribution in [3.05, 3.63) is 59.7 Å². The summed E-state index contributed by atoms with van der Waals surface area (Å²) in [6, 6.07) is 11.5. The number of benzene rings is 2. The molecular formula is C19H20N3O6S+. The van der Waals surface area contributed by atoms with Gasteiger partial charge < -0.3 is 10.1 Å². The van der Waals surface area contributed by atoms with Crippen LogP contribution in [0.3, 0.4) is 0 Å². The van der Waals surface area contributed by atoms with Crippen molar-refractivity contribution in [1.82, 2.24) is 0 Å². The molecule has 1 aliphatic rings. The fraction of sp³-hybridized carbons (Fsp3) is 0.211. The monoisotopic (exact) mass is 418 g/mol. The molecule has 3 rings (SSSR count). The molecule has 2 aromatic carbocycles. The van der Waals surface area contributed by atoms with E-state index in [1.54, 1.807) is 17.4 Å². The number of hydrogen-bond donors (Lipinski definition) is 2. The zero-order valence-corrected chi connectivity index (χ0v) is 16.4. The van der Waals surface area contributed by atoms with E-state index in [0.29, 0.717) is 17.8 Å². The van der Waals surface area contributed by atoms with Gasteiger partial charge in [0, 0.05) is 5.56 Å². The number of nitrogens with two attached hydrogens (primary N) is 2. The zero-order valence-electron chi connectivity index (χ0n) is 15.6. The molecule has 0 spiro atoms. The third-order valence-electron chi connectivity index (χ3n) is 4.62. The Bertz CT molecular complexity index is 1050. The van der Waals surface area contributed by atoms with Gasteiger partial charge in [0.15, 0.2) is 6.04 Å². The van der Waals surface area contributed by atoms with Crippen molar-refractivity contribution in [2.24, 2.45) is 5.14 Å². The standard InChI is InChI=1S/C19H19N3O6S/c1-28-19(25)13-4-6-14(7-5-13)22-17(23)10-16(18(22)24)21-11-12-2-8-15(9-3-12)29(20,26)27/h2-9,16,21H,10-11H2,1H3,(H2,20,26,27)/p+1/t16-/m1/s1. The number of ether oxygens (including phenoxy) is 1. The molecule has 2 amide bonds. The Labute approximate surface area is 167 Å². The second kappa shape index (κ2) is 8.11. The van der Waals surface area contributed by atoms with E-state index in [9.17, 15) is 22.8 Å². The van der Waals surface area contributed by atoms with Crippen molar-refractivity contribution < 1.29 is 32.9 Å². The minimum absolute atomic E-state index is 0.00921. The molecule has 2 aromatic rings. The van der Waals surface area contributed by atoms with E-state index in [1.165, 1.54) is 43.5 Å². The normalized spacial score (nSPS) is 16.9. The van der Waals surface area contributed by atoms with Gasteiger partial charge in [-0.2, -0.15) is 0 Å². The lowest BCUT2D eigenvalue weighted by molar-refractivity contribution is -0.690. The van der Waals surface area contributed by atoms with Crippen LogP contribution >= 0.6 is 0 Å². The van der Waals surface area contributed by atoms with Gasteiger partial charge in [0.1, 0.15) is 6.54 Å². The fourth-order valence-electron chi connectivity index (χ4n) is 3.07. The number of anilines is 1. The first-order valence-corrected chi connectivity index (χ1v) is 10.3. The highest BCUT2D eigenvalue weighted by molar-refractivity contribution is 7.89. The number of nitrogens with zero attached hydrogens (tertiary/aromatic N) is 1. The van der Waals surface area contributed by atoms with Gasteiger partial charge in [-0.15, -0.1) is 0 Å². The molecule has 9 nitrogen and oxygen atoms in total. The van der Waals surface area contributed by atoms with Crippen molar-refractivity contribution in [3.63, 3.8) is 0 Å². The summed E-state index contributed by atoms with van der Waals surface area (Å²) in [6.07, 6.45) is 0.0485. The fourth-order valence-corrected chi connectivity index (χ4v) is 3.58. The van der Waals surface area contributed by atoms with Crippen LogP contribution in [0, 0.1) is 0 Å². The van der Waals surface area contributed by atoms with E-state index in [4.69, 9.17) is 5.14 Å². The average Bonchev–Trinajstić information content (AvgIpc) is 2.99. The van der Waals surface area contributed by atoms with E-state index >= 15 is 0 Å². The zero-order chi connectivity index (χ0) is 21.2. The summed E-state index contributed by atoms with van der Waals surface area (Å²) in [7, 11) is -2.49. The molecule has 1 fully saturated rings. The lowest BCUT2D eigenvalue weighted by Crippen LogP contribution is -2.90. The molecule has 0 aliphatic carbocycles. The summed E-state index contributed by atoms with van der Waals surface area (Å²) in [4.78, 5) is 37.7. The first-order valence-electron chi connectivity index (χ1n) is 8.71. The Balaban J connectivity index is 1.66. The van der Waals surface area contributed by atoms with E-state index in [2.05, 4.69) is 4.74 Å². The Morgan fingerprint density at radius 3 is 2.31 bits per heavy atom. The van der Waals surface area contributed by atoms with Gasteiger partial charge in [-0.1, -0.05) is 12.1 Å². The molecule has 1 saturated heterocycles. The van der Waals surface area contributed by atoms with Crippen LogP contribution < -0.4 is 15.4 Å². The molecule has 4 N–H and O–H groups in total. The molecule has 0 unspecified atom stereocenters. The molecule has 152 valence electrons. The number of sulfonamides is 1. The number of rotatable bonds is 6. The van der Waals surface area contributed by atoms with Crippen molar-refractivity contribution in [1.29, 1.82) is 0 Å². The number of carbonyl (C=O) groups excluding carboxylic acids is 3. The first kappa shape index (κ1) is 20.6. The van der Waals surface area contributed by atoms with E-state index in [0.717, 1.165) is 10.5 Å². The maximum absolute atomic E-state index is 12.7. The largest absolute Gasteiger partial charge is 0.465 e. The molecule has 29 heavy (non-hydrogen) atoms. The van der Waals surface area contributed by atoms with Gasteiger partial charge in [0.05, 0.1) is 29.7 Å².